The second-order valence-corrected chi connectivity index (χ2v) is 6.50. The minimum atomic E-state index is -0.178. The third-order valence-electron chi connectivity index (χ3n) is 5.11. The molecular weight excluding hydrogens is 238 g/mol. The van der Waals surface area contributed by atoms with Crippen molar-refractivity contribution in [1.82, 2.24) is 15.5 Å². The molecule has 2 N–H and O–H groups in total. The Hall–Kier alpha value is -0.610. The lowest BCUT2D eigenvalue weighted by Crippen LogP contribution is -2.47. The molecule has 0 aliphatic carbocycles. The van der Waals surface area contributed by atoms with Gasteiger partial charge in [0.2, 0.25) is 5.91 Å². The fourth-order valence-electron chi connectivity index (χ4n) is 3.44. The van der Waals surface area contributed by atoms with Crippen LogP contribution >= 0.6 is 0 Å². The summed E-state index contributed by atoms with van der Waals surface area (Å²) in [6.45, 7) is 12.7. The zero-order valence-corrected chi connectivity index (χ0v) is 12.7. The van der Waals surface area contributed by atoms with E-state index in [1.165, 1.54) is 13.0 Å². The summed E-state index contributed by atoms with van der Waals surface area (Å²) in [7, 11) is 0. The first kappa shape index (κ1) is 14.8. The molecule has 0 radical (unpaired) electrons. The van der Waals surface area contributed by atoms with Gasteiger partial charge in [-0.25, -0.2) is 0 Å². The Morgan fingerprint density at radius 2 is 2.32 bits per heavy atom. The molecule has 2 rings (SSSR count). The summed E-state index contributed by atoms with van der Waals surface area (Å²) < 4.78 is 0. The van der Waals surface area contributed by atoms with Crippen LogP contribution in [0.3, 0.4) is 0 Å². The molecule has 0 aromatic rings. The van der Waals surface area contributed by atoms with E-state index in [1.54, 1.807) is 0 Å². The first-order valence-corrected chi connectivity index (χ1v) is 7.80. The predicted octanol–water partition coefficient (Wildman–Crippen LogP) is 1.08. The van der Waals surface area contributed by atoms with Gasteiger partial charge in [0.05, 0.1) is 5.41 Å². The van der Waals surface area contributed by atoms with E-state index in [2.05, 4.69) is 36.3 Å². The molecule has 2 fully saturated rings. The minimum absolute atomic E-state index is 0.178. The number of nitrogens with one attached hydrogen (secondary N) is 2. The van der Waals surface area contributed by atoms with Gasteiger partial charge in [0.25, 0.3) is 0 Å². The van der Waals surface area contributed by atoms with Crippen LogP contribution in [0.1, 0.15) is 33.6 Å². The van der Waals surface area contributed by atoms with Gasteiger partial charge < -0.3 is 15.5 Å². The largest absolute Gasteiger partial charge is 0.355 e. The Kier molecular flexibility index (Phi) is 4.85. The number of amides is 1. The normalized spacial score (nSPS) is 32.1. The SMILES string of the molecule is CCN1CCC(CNC(=O)C2(C(C)C)CCNC2)C1. The van der Waals surface area contributed by atoms with Gasteiger partial charge >= 0.3 is 0 Å². The summed E-state index contributed by atoms with van der Waals surface area (Å²) in [6.07, 6.45) is 2.20. The number of hydrogen-bond acceptors (Lipinski definition) is 3. The molecule has 4 nitrogen and oxygen atoms in total. The maximum absolute atomic E-state index is 12.6. The molecule has 19 heavy (non-hydrogen) atoms. The van der Waals surface area contributed by atoms with Gasteiger partial charge in [-0.3, -0.25) is 4.79 Å². The molecule has 2 heterocycles. The van der Waals surface area contributed by atoms with E-state index in [1.807, 2.05) is 0 Å². The third kappa shape index (κ3) is 3.11. The van der Waals surface area contributed by atoms with E-state index in [4.69, 9.17) is 0 Å². The molecule has 0 spiro atoms. The number of carbonyl (C=O) groups excluding carboxylic acids is 1. The van der Waals surface area contributed by atoms with Crippen LogP contribution in [0.5, 0.6) is 0 Å². The van der Waals surface area contributed by atoms with Gasteiger partial charge in [-0.15, -0.1) is 0 Å². The number of likely N-dealkylation sites (tertiary alicyclic amines) is 1. The van der Waals surface area contributed by atoms with Crippen LogP contribution in [0.25, 0.3) is 0 Å². The molecule has 110 valence electrons. The second-order valence-electron chi connectivity index (χ2n) is 6.50. The topological polar surface area (TPSA) is 44.4 Å². The molecule has 2 unspecified atom stereocenters. The van der Waals surface area contributed by atoms with Crippen molar-refractivity contribution < 1.29 is 4.79 Å². The fraction of sp³-hybridized carbons (Fsp3) is 0.933. The molecule has 2 aliphatic heterocycles. The van der Waals surface area contributed by atoms with Crippen molar-refractivity contribution >= 4 is 5.91 Å². The predicted molar refractivity (Wildman–Crippen MR) is 78.0 cm³/mol. The van der Waals surface area contributed by atoms with E-state index in [0.717, 1.165) is 39.1 Å². The average molecular weight is 267 g/mol. The minimum Gasteiger partial charge on any atom is -0.355 e. The molecule has 4 heteroatoms. The molecule has 0 aromatic carbocycles. The molecule has 0 saturated carbocycles. The highest BCUT2D eigenvalue weighted by Crippen LogP contribution is 2.34. The first-order chi connectivity index (χ1) is 9.08. The van der Waals surface area contributed by atoms with Crippen molar-refractivity contribution in [2.45, 2.75) is 33.6 Å². The molecule has 2 aliphatic rings. The molecule has 2 saturated heterocycles. The quantitative estimate of drug-likeness (QED) is 0.783. The van der Waals surface area contributed by atoms with Gasteiger partial charge in [0.15, 0.2) is 0 Å². The Bertz CT molecular complexity index is 311. The lowest BCUT2D eigenvalue weighted by Gasteiger charge is -2.31. The van der Waals surface area contributed by atoms with E-state index in [9.17, 15) is 4.79 Å². The molecule has 0 bridgehead atoms. The van der Waals surface area contributed by atoms with Crippen molar-refractivity contribution in [1.29, 1.82) is 0 Å². The Balaban J connectivity index is 1.83. The Morgan fingerprint density at radius 1 is 1.53 bits per heavy atom. The van der Waals surface area contributed by atoms with Crippen LogP contribution < -0.4 is 10.6 Å². The van der Waals surface area contributed by atoms with E-state index in [0.29, 0.717) is 11.8 Å². The molecule has 2 atom stereocenters. The maximum atomic E-state index is 12.6. The zero-order chi connectivity index (χ0) is 13.9. The van der Waals surface area contributed by atoms with Crippen LogP contribution in [0.2, 0.25) is 0 Å². The van der Waals surface area contributed by atoms with Crippen molar-refractivity contribution in [2.75, 3.05) is 39.3 Å². The summed E-state index contributed by atoms with van der Waals surface area (Å²) in [5.74, 6) is 1.31. The number of nitrogens with zero attached hydrogens (tertiary/aromatic N) is 1. The average Bonchev–Trinajstić information content (AvgIpc) is 3.05. The third-order valence-corrected chi connectivity index (χ3v) is 5.11. The monoisotopic (exact) mass is 267 g/mol. The molecular formula is C15H29N3O. The lowest BCUT2D eigenvalue weighted by atomic mass is 9.75. The lowest BCUT2D eigenvalue weighted by molar-refractivity contribution is -0.132. The fourth-order valence-corrected chi connectivity index (χ4v) is 3.44. The van der Waals surface area contributed by atoms with E-state index in [-0.39, 0.29) is 11.3 Å². The van der Waals surface area contributed by atoms with Crippen molar-refractivity contribution in [2.24, 2.45) is 17.3 Å². The first-order valence-electron chi connectivity index (χ1n) is 7.80. The highest BCUT2D eigenvalue weighted by atomic mass is 16.2. The summed E-state index contributed by atoms with van der Waals surface area (Å²) in [4.78, 5) is 15.0. The van der Waals surface area contributed by atoms with Crippen LogP contribution in [-0.4, -0.2) is 50.1 Å². The number of rotatable bonds is 5. The highest BCUT2D eigenvalue weighted by Gasteiger charge is 2.43. The van der Waals surface area contributed by atoms with Gasteiger partial charge in [0, 0.05) is 19.6 Å². The highest BCUT2D eigenvalue weighted by molar-refractivity contribution is 5.83. The maximum Gasteiger partial charge on any atom is 0.227 e. The summed E-state index contributed by atoms with van der Waals surface area (Å²) >= 11 is 0. The second kappa shape index (κ2) is 6.23. The van der Waals surface area contributed by atoms with E-state index < -0.39 is 0 Å². The van der Waals surface area contributed by atoms with Crippen LogP contribution in [0.15, 0.2) is 0 Å². The van der Waals surface area contributed by atoms with Crippen molar-refractivity contribution in [3.05, 3.63) is 0 Å². The number of carbonyl (C=O) groups is 1. The Labute approximate surface area is 117 Å². The molecule has 1 amide bonds. The van der Waals surface area contributed by atoms with Crippen LogP contribution in [-0.2, 0) is 4.79 Å². The van der Waals surface area contributed by atoms with Crippen molar-refractivity contribution in [3.63, 3.8) is 0 Å². The smallest absolute Gasteiger partial charge is 0.227 e. The molecule has 0 aromatic heterocycles. The standard InChI is InChI=1S/C15H29N3O/c1-4-18-8-5-13(10-18)9-17-14(19)15(12(2)3)6-7-16-11-15/h12-13,16H,4-11H2,1-3H3,(H,17,19). The number of hydrogen-bond donors (Lipinski definition) is 2. The van der Waals surface area contributed by atoms with Gasteiger partial charge in [0.1, 0.15) is 0 Å². The van der Waals surface area contributed by atoms with Crippen LogP contribution in [0, 0.1) is 17.3 Å². The summed E-state index contributed by atoms with van der Waals surface area (Å²) in [5, 5.41) is 6.58. The Morgan fingerprint density at radius 3 is 2.84 bits per heavy atom. The van der Waals surface area contributed by atoms with E-state index >= 15 is 0 Å². The van der Waals surface area contributed by atoms with Gasteiger partial charge in [-0.2, -0.15) is 0 Å². The van der Waals surface area contributed by atoms with Gasteiger partial charge in [-0.05, 0) is 44.3 Å². The van der Waals surface area contributed by atoms with Gasteiger partial charge in [-0.1, -0.05) is 20.8 Å². The summed E-state index contributed by atoms with van der Waals surface area (Å²) in [6, 6.07) is 0. The zero-order valence-electron chi connectivity index (χ0n) is 12.7. The van der Waals surface area contributed by atoms with Crippen molar-refractivity contribution in [3.8, 4) is 0 Å². The summed E-state index contributed by atoms with van der Waals surface area (Å²) in [5.41, 5.74) is -0.178. The van der Waals surface area contributed by atoms with Crippen LogP contribution in [0.4, 0.5) is 0 Å².